The van der Waals surface area contributed by atoms with E-state index in [0.29, 0.717) is 68.3 Å². The molecular formula is C64H38N8. The minimum Gasteiger partial charge on any atom is -0.208 e. The number of rotatable bonds is 9. The lowest BCUT2D eigenvalue weighted by atomic mass is 9.85. The van der Waals surface area contributed by atoms with Gasteiger partial charge in [-0.25, -0.2) is 29.9 Å². The molecule has 0 spiro atoms. The summed E-state index contributed by atoms with van der Waals surface area (Å²) in [6, 6.07) is 81.1. The summed E-state index contributed by atoms with van der Waals surface area (Å²) >= 11 is 0. The van der Waals surface area contributed by atoms with E-state index in [0.717, 1.165) is 60.7 Å². The Labute approximate surface area is 415 Å². The summed E-state index contributed by atoms with van der Waals surface area (Å²) in [5.74, 6) is 2.99. The number of hydrogen-bond acceptors (Lipinski definition) is 8. The highest BCUT2D eigenvalue weighted by Crippen LogP contribution is 2.43. The summed E-state index contributed by atoms with van der Waals surface area (Å²) in [5, 5.41) is 25.9. The molecule has 2 aromatic heterocycles. The molecule has 0 fully saturated rings. The number of nitrogens with zero attached hydrogens (tertiary/aromatic N) is 8. The summed E-state index contributed by atoms with van der Waals surface area (Å²) < 4.78 is 0. The summed E-state index contributed by atoms with van der Waals surface area (Å²) in [7, 11) is 0. The number of nitriles is 2. The maximum absolute atomic E-state index is 10.9. The van der Waals surface area contributed by atoms with Gasteiger partial charge in [-0.15, -0.1) is 0 Å². The molecule has 0 N–H and O–H groups in total. The second-order valence-corrected chi connectivity index (χ2v) is 17.3. The van der Waals surface area contributed by atoms with Crippen LogP contribution in [0.3, 0.4) is 0 Å². The Morgan fingerprint density at radius 3 is 1.19 bits per heavy atom. The van der Waals surface area contributed by atoms with Crippen molar-refractivity contribution in [2.75, 3.05) is 0 Å². The average molecular weight is 919 g/mol. The monoisotopic (exact) mass is 918 g/mol. The van der Waals surface area contributed by atoms with Crippen LogP contribution in [0.15, 0.2) is 231 Å². The molecule has 72 heavy (non-hydrogen) atoms. The van der Waals surface area contributed by atoms with Gasteiger partial charge in [0, 0.05) is 44.5 Å². The maximum Gasteiger partial charge on any atom is 0.164 e. The largest absolute Gasteiger partial charge is 0.208 e. The fourth-order valence-electron chi connectivity index (χ4n) is 9.27. The molecule has 0 aliphatic rings. The zero-order valence-electron chi connectivity index (χ0n) is 38.5. The van der Waals surface area contributed by atoms with Crippen molar-refractivity contribution in [2.24, 2.45) is 0 Å². The first-order valence-corrected chi connectivity index (χ1v) is 23.5. The molecule has 0 saturated heterocycles. The van der Waals surface area contributed by atoms with E-state index in [9.17, 15) is 10.5 Å². The molecule has 0 saturated carbocycles. The summed E-state index contributed by atoms with van der Waals surface area (Å²) in [5.41, 5.74) is 10.7. The normalized spacial score (nSPS) is 11.0. The molecule has 12 rings (SSSR count). The van der Waals surface area contributed by atoms with Crippen LogP contribution in [0, 0.1) is 22.7 Å². The fourth-order valence-corrected chi connectivity index (χ4v) is 9.27. The van der Waals surface area contributed by atoms with Crippen molar-refractivity contribution in [2.45, 2.75) is 0 Å². The number of fused-ring (bicyclic) bond motifs is 2. The zero-order chi connectivity index (χ0) is 48.4. The molecule has 2 heterocycles. The van der Waals surface area contributed by atoms with E-state index >= 15 is 0 Å². The predicted octanol–water partition coefficient (Wildman–Crippen LogP) is 15.1. The standard InChI is InChI=1S/C64H38N8/c65-39-52-31-29-50(63-69-59(43-17-4-1-5-18-43)67-60(70-63)44-19-6-2-7-20-44)37-56(52)55-34-33-42-16-12-13-26-54(42)58(55)57-38-51(30-32-53(57)40-66)64-71-61(45-21-8-3-9-22-45)68-62(72-64)49-25-14-24-47(36-49)48-28-27-41-15-10-11-23-46(41)35-48/h1-38H. The first kappa shape index (κ1) is 43.0. The van der Waals surface area contributed by atoms with Gasteiger partial charge in [-0.1, -0.05) is 182 Å². The van der Waals surface area contributed by atoms with Gasteiger partial charge in [0.25, 0.3) is 0 Å². The highest BCUT2D eigenvalue weighted by atomic mass is 15.0. The van der Waals surface area contributed by atoms with Gasteiger partial charge in [0.05, 0.1) is 23.3 Å². The van der Waals surface area contributed by atoms with Crippen LogP contribution in [0.2, 0.25) is 0 Å². The highest BCUT2D eigenvalue weighted by molar-refractivity contribution is 6.06. The molecule has 0 amide bonds. The summed E-state index contributed by atoms with van der Waals surface area (Å²) in [4.78, 5) is 30.3. The first-order valence-electron chi connectivity index (χ1n) is 23.5. The molecule has 10 aromatic carbocycles. The van der Waals surface area contributed by atoms with E-state index in [-0.39, 0.29) is 0 Å². The Hall–Kier alpha value is -10.3. The Kier molecular flexibility index (Phi) is 11.2. The molecule has 0 atom stereocenters. The molecule has 334 valence electrons. The third-order valence-electron chi connectivity index (χ3n) is 12.9. The van der Waals surface area contributed by atoms with Crippen LogP contribution in [0.1, 0.15) is 11.1 Å². The van der Waals surface area contributed by atoms with Crippen LogP contribution < -0.4 is 0 Å². The van der Waals surface area contributed by atoms with Gasteiger partial charge < -0.3 is 0 Å². The molecule has 8 nitrogen and oxygen atoms in total. The fraction of sp³-hybridized carbons (Fsp3) is 0. The van der Waals surface area contributed by atoms with Crippen LogP contribution in [-0.2, 0) is 0 Å². The number of aromatic nitrogens is 6. The van der Waals surface area contributed by atoms with Crippen molar-refractivity contribution in [1.29, 1.82) is 10.5 Å². The van der Waals surface area contributed by atoms with E-state index < -0.39 is 0 Å². The topological polar surface area (TPSA) is 125 Å². The minimum atomic E-state index is 0.445. The van der Waals surface area contributed by atoms with Gasteiger partial charge in [-0.3, -0.25) is 0 Å². The quantitative estimate of drug-likeness (QED) is 0.140. The SMILES string of the molecule is N#Cc1ccc(-c2nc(-c3ccccc3)nc(-c3ccccc3)n2)cc1-c1ccc2ccccc2c1-c1cc(-c2nc(-c3ccccc3)nc(-c3cccc(-c4ccc5ccccc5c4)c3)n2)ccc1C#N. The Bertz CT molecular complexity index is 4070. The van der Waals surface area contributed by atoms with E-state index in [1.165, 1.54) is 5.39 Å². The van der Waals surface area contributed by atoms with Gasteiger partial charge in [0.2, 0.25) is 0 Å². The second kappa shape index (κ2) is 18.7. The van der Waals surface area contributed by atoms with Gasteiger partial charge in [0.1, 0.15) is 0 Å². The van der Waals surface area contributed by atoms with E-state index in [1.54, 1.807) is 0 Å². The lowest BCUT2D eigenvalue weighted by molar-refractivity contribution is 1.07. The molecule has 0 unspecified atom stereocenters. The maximum atomic E-state index is 10.9. The van der Waals surface area contributed by atoms with Crippen molar-refractivity contribution in [3.05, 3.63) is 242 Å². The minimum absolute atomic E-state index is 0.445. The van der Waals surface area contributed by atoms with E-state index in [2.05, 4.69) is 84.9 Å². The Balaban J connectivity index is 1.03. The predicted molar refractivity (Wildman–Crippen MR) is 287 cm³/mol. The summed E-state index contributed by atoms with van der Waals surface area (Å²) in [6.45, 7) is 0. The molecule has 0 bridgehead atoms. The van der Waals surface area contributed by atoms with Crippen LogP contribution in [0.4, 0.5) is 0 Å². The average Bonchev–Trinajstić information content (AvgIpc) is 3.47. The smallest absolute Gasteiger partial charge is 0.164 e. The number of benzene rings is 10. The van der Waals surface area contributed by atoms with Crippen LogP contribution in [0.5, 0.6) is 0 Å². The van der Waals surface area contributed by atoms with Crippen LogP contribution in [-0.4, -0.2) is 29.9 Å². The first-order chi connectivity index (χ1) is 35.6. The third kappa shape index (κ3) is 8.28. The van der Waals surface area contributed by atoms with Gasteiger partial charge in [-0.2, -0.15) is 10.5 Å². The Morgan fingerprint density at radius 1 is 0.250 bits per heavy atom. The highest BCUT2D eigenvalue weighted by Gasteiger charge is 2.22. The Morgan fingerprint density at radius 2 is 0.639 bits per heavy atom. The van der Waals surface area contributed by atoms with Crippen LogP contribution in [0.25, 0.3) is 123 Å². The molecule has 0 radical (unpaired) electrons. The van der Waals surface area contributed by atoms with E-state index in [1.807, 2.05) is 158 Å². The van der Waals surface area contributed by atoms with Crippen molar-refractivity contribution < 1.29 is 0 Å². The van der Waals surface area contributed by atoms with Gasteiger partial charge >= 0.3 is 0 Å². The van der Waals surface area contributed by atoms with Crippen molar-refractivity contribution in [3.8, 4) is 114 Å². The lowest BCUT2D eigenvalue weighted by Gasteiger charge is -2.18. The molecule has 8 heteroatoms. The molecule has 0 aliphatic heterocycles. The van der Waals surface area contributed by atoms with Crippen molar-refractivity contribution in [1.82, 2.24) is 29.9 Å². The molecular weight excluding hydrogens is 881 g/mol. The van der Waals surface area contributed by atoms with Crippen molar-refractivity contribution >= 4 is 21.5 Å². The van der Waals surface area contributed by atoms with Gasteiger partial charge in [0.15, 0.2) is 34.9 Å². The third-order valence-corrected chi connectivity index (χ3v) is 12.9. The zero-order valence-corrected chi connectivity index (χ0v) is 38.5. The lowest BCUT2D eigenvalue weighted by Crippen LogP contribution is -2.01. The van der Waals surface area contributed by atoms with Crippen LogP contribution >= 0.6 is 0 Å². The molecule has 0 aliphatic carbocycles. The number of hydrogen-bond donors (Lipinski definition) is 0. The summed E-state index contributed by atoms with van der Waals surface area (Å²) in [6.07, 6.45) is 0. The second-order valence-electron chi connectivity index (χ2n) is 17.3. The molecule has 12 aromatic rings. The van der Waals surface area contributed by atoms with E-state index in [4.69, 9.17) is 29.9 Å². The van der Waals surface area contributed by atoms with Crippen molar-refractivity contribution in [3.63, 3.8) is 0 Å². The van der Waals surface area contributed by atoms with Gasteiger partial charge in [-0.05, 0) is 92.3 Å².